The van der Waals surface area contributed by atoms with Gasteiger partial charge in [-0.2, -0.15) is 0 Å². The molecule has 7 N–H and O–H groups in total. The Morgan fingerprint density at radius 1 is 1.00 bits per heavy atom. The zero-order chi connectivity index (χ0) is 12.5. The van der Waals surface area contributed by atoms with E-state index in [4.69, 9.17) is 20.4 Å². The lowest BCUT2D eigenvalue weighted by molar-refractivity contribution is -0.174. The summed E-state index contributed by atoms with van der Waals surface area (Å²) in [6, 6.07) is 0. The lowest BCUT2D eigenvalue weighted by atomic mass is 9.98. The molecule has 1 aliphatic heterocycles. The van der Waals surface area contributed by atoms with Crippen LogP contribution in [0.5, 0.6) is 0 Å². The molecule has 1 aliphatic rings. The Labute approximate surface area is 91.0 Å². The topological polar surface area (TPSA) is 151 Å². The molecule has 1 heterocycles. The number of aliphatic hydroxyl groups excluding tert-OH is 7. The maximum absolute atomic E-state index is 9.50. The molecule has 7 atom stereocenters. The molecule has 2 unspecified atom stereocenters. The van der Waals surface area contributed by atoms with E-state index in [1.165, 1.54) is 0 Å². The van der Waals surface area contributed by atoms with E-state index in [-0.39, 0.29) is 0 Å². The van der Waals surface area contributed by atoms with Crippen molar-refractivity contribution < 1.29 is 40.5 Å². The third kappa shape index (κ3) is 2.50. The van der Waals surface area contributed by atoms with Crippen LogP contribution < -0.4 is 0 Å². The molecule has 1 fully saturated rings. The molecule has 0 aromatic carbocycles. The van der Waals surface area contributed by atoms with Gasteiger partial charge in [-0.05, 0) is 0 Å². The molecule has 8 heteroatoms. The predicted molar refractivity (Wildman–Crippen MR) is 48.0 cm³/mol. The van der Waals surface area contributed by atoms with Gasteiger partial charge >= 0.3 is 0 Å². The zero-order valence-corrected chi connectivity index (χ0v) is 8.29. The van der Waals surface area contributed by atoms with E-state index in [2.05, 4.69) is 4.74 Å². The molecule has 1 rings (SSSR count). The molecular weight excluding hydrogens is 224 g/mol. The van der Waals surface area contributed by atoms with Gasteiger partial charge in [0.25, 0.3) is 0 Å². The lowest BCUT2D eigenvalue weighted by Crippen LogP contribution is -2.50. The highest BCUT2D eigenvalue weighted by Crippen LogP contribution is 2.24. The Morgan fingerprint density at radius 2 is 1.56 bits per heavy atom. The SMILES string of the molecule is OCC(O)C(O)[C@H](O)[C@H]1O[C@H](O)[C@H](O)[C@H]1O. The van der Waals surface area contributed by atoms with Gasteiger partial charge in [0, 0.05) is 0 Å². The molecule has 8 nitrogen and oxygen atoms in total. The van der Waals surface area contributed by atoms with Gasteiger partial charge in [-0.1, -0.05) is 0 Å². The first-order chi connectivity index (χ1) is 7.40. The molecule has 0 saturated carbocycles. The Balaban J connectivity index is 2.64. The first kappa shape index (κ1) is 13.7. The maximum atomic E-state index is 9.50. The number of hydrogen-bond acceptors (Lipinski definition) is 8. The van der Waals surface area contributed by atoms with Gasteiger partial charge in [0.1, 0.15) is 36.6 Å². The van der Waals surface area contributed by atoms with Crippen LogP contribution in [0.2, 0.25) is 0 Å². The van der Waals surface area contributed by atoms with Crippen LogP contribution in [0.25, 0.3) is 0 Å². The van der Waals surface area contributed by atoms with Crippen molar-refractivity contribution in [3.05, 3.63) is 0 Å². The maximum Gasteiger partial charge on any atom is 0.184 e. The molecule has 0 aromatic heterocycles. The summed E-state index contributed by atoms with van der Waals surface area (Å²) in [5.74, 6) is 0. The second kappa shape index (κ2) is 5.34. The zero-order valence-electron chi connectivity index (χ0n) is 8.29. The van der Waals surface area contributed by atoms with Gasteiger partial charge in [-0.15, -0.1) is 0 Å². The van der Waals surface area contributed by atoms with Crippen molar-refractivity contribution in [1.29, 1.82) is 0 Å². The van der Waals surface area contributed by atoms with Crippen molar-refractivity contribution in [2.24, 2.45) is 0 Å². The van der Waals surface area contributed by atoms with Gasteiger partial charge in [-0.25, -0.2) is 0 Å². The molecule has 0 aliphatic carbocycles. The van der Waals surface area contributed by atoms with E-state index < -0.39 is 49.5 Å². The van der Waals surface area contributed by atoms with Crippen molar-refractivity contribution in [2.75, 3.05) is 6.61 Å². The van der Waals surface area contributed by atoms with Crippen LogP contribution in [0.15, 0.2) is 0 Å². The van der Waals surface area contributed by atoms with Gasteiger partial charge in [0.15, 0.2) is 6.29 Å². The Morgan fingerprint density at radius 3 is 1.94 bits per heavy atom. The lowest BCUT2D eigenvalue weighted by Gasteiger charge is -2.27. The normalized spacial score (nSPS) is 40.7. The quantitative estimate of drug-likeness (QED) is 0.260. The van der Waals surface area contributed by atoms with Crippen molar-refractivity contribution in [3.8, 4) is 0 Å². The molecule has 1 saturated heterocycles. The molecular formula is C8H16O8. The van der Waals surface area contributed by atoms with Crippen molar-refractivity contribution in [2.45, 2.75) is 42.9 Å². The standard InChI is InChI=1S/C8H16O8/c9-1-2(10)3(11)4(12)7-5(13)6(14)8(15)16-7/h2-15H,1H2/t2?,3?,4-,5+,6+,7+,8-/m0/s1. The summed E-state index contributed by atoms with van der Waals surface area (Å²) in [5.41, 5.74) is 0. The minimum Gasteiger partial charge on any atom is -0.394 e. The van der Waals surface area contributed by atoms with Crippen LogP contribution >= 0.6 is 0 Å². The highest BCUT2D eigenvalue weighted by Gasteiger charge is 2.47. The molecule has 0 amide bonds. The molecule has 0 bridgehead atoms. The summed E-state index contributed by atoms with van der Waals surface area (Å²) >= 11 is 0. The van der Waals surface area contributed by atoms with Gasteiger partial charge in [-0.3, -0.25) is 0 Å². The Kier molecular flexibility index (Phi) is 4.59. The van der Waals surface area contributed by atoms with Crippen LogP contribution in [0.1, 0.15) is 0 Å². The van der Waals surface area contributed by atoms with Crippen LogP contribution in [0.4, 0.5) is 0 Å². The van der Waals surface area contributed by atoms with Gasteiger partial charge in [0.2, 0.25) is 0 Å². The van der Waals surface area contributed by atoms with Crippen LogP contribution in [-0.2, 0) is 4.74 Å². The number of rotatable bonds is 4. The first-order valence-electron chi connectivity index (χ1n) is 4.75. The summed E-state index contributed by atoms with van der Waals surface area (Å²) < 4.78 is 4.62. The van der Waals surface area contributed by atoms with E-state index in [0.717, 1.165) is 0 Å². The smallest absolute Gasteiger partial charge is 0.184 e. The average Bonchev–Trinajstić information content (AvgIpc) is 2.54. The third-order valence-corrected chi connectivity index (χ3v) is 2.54. The summed E-state index contributed by atoms with van der Waals surface area (Å²) in [6.45, 7) is -0.786. The highest BCUT2D eigenvalue weighted by molar-refractivity contribution is 4.94. The molecule has 16 heavy (non-hydrogen) atoms. The number of ether oxygens (including phenoxy) is 1. The fourth-order valence-electron chi connectivity index (χ4n) is 1.50. The fraction of sp³-hybridized carbons (Fsp3) is 1.00. The highest BCUT2D eigenvalue weighted by atomic mass is 16.6. The van der Waals surface area contributed by atoms with Crippen molar-refractivity contribution in [1.82, 2.24) is 0 Å². The van der Waals surface area contributed by atoms with Crippen molar-refractivity contribution in [3.63, 3.8) is 0 Å². The monoisotopic (exact) mass is 240 g/mol. The minimum absolute atomic E-state index is 0.786. The number of aliphatic hydroxyl groups is 7. The molecule has 0 radical (unpaired) electrons. The van der Waals surface area contributed by atoms with Crippen LogP contribution in [0.3, 0.4) is 0 Å². The summed E-state index contributed by atoms with van der Waals surface area (Å²) in [7, 11) is 0. The second-order valence-electron chi connectivity index (χ2n) is 3.70. The predicted octanol–water partition coefficient (Wildman–Crippen LogP) is -4.50. The first-order valence-corrected chi connectivity index (χ1v) is 4.75. The fourth-order valence-corrected chi connectivity index (χ4v) is 1.50. The van der Waals surface area contributed by atoms with Crippen molar-refractivity contribution >= 4 is 0 Å². The number of hydrogen-bond donors (Lipinski definition) is 7. The average molecular weight is 240 g/mol. The largest absolute Gasteiger partial charge is 0.394 e. The van der Waals surface area contributed by atoms with E-state index >= 15 is 0 Å². The van der Waals surface area contributed by atoms with E-state index in [0.29, 0.717) is 0 Å². The summed E-state index contributed by atoms with van der Waals surface area (Å²) in [5, 5.41) is 63.9. The van der Waals surface area contributed by atoms with E-state index in [1.54, 1.807) is 0 Å². The van der Waals surface area contributed by atoms with Crippen LogP contribution in [-0.4, -0.2) is 85.3 Å². The van der Waals surface area contributed by atoms with Crippen LogP contribution in [0, 0.1) is 0 Å². The minimum atomic E-state index is -1.76. The molecule has 0 spiro atoms. The van der Waals surface area contributed by atoms with Gasteiger partial charge in [0.05, 0.1) is 6.61 Å². The van der Waals surface area contributed by atoms with E-state index in [9.17, 15) is 15.3 Å². The Hall–Kier alpha value is -0.320. The third-order valence-electron chi connectivity index (χ3n) is 2.54. The Bertz CT molecular complexity index is 224. The molecule has 96 valence electrons. The van der Waals surface area contributed by atoms with E-state index in [1.807, 2.05) is 0 Å². The summed E-state index contributed by atoms with van der Waals surface area (Å²) in [4.78, 5) is 0. The summed E-state index contributed by atoms with van der Waals surface area (Å²) in [6.07, 6.45) is -11.4. The molecule has 0 aromatic rings. The van der Waals surface area contributed by atoms with Gasteiger partial charge < -0.3 is 40.5 Å². The second-order valence-corrected chi connectivity index (χ2v) is 3.70.